The summed E-state index contributed by atoms with van der Waals surface area (Å²) in [7, 11) is 0. The Labute approximate surface area is 192 Å². The van der Waals surface area contributed by atoms with Crippen molar-refractivity contribution in [2.45, 2.75) is 33.1 Å². The van der Waals surface area contributed by atoms with E-state index in [0.29, 0.717) is 16.8 Å². The summed E-state index contributed by atoms with van der Waals surface area (Å²) in [5, 5.41) is 1.95. The first-order chi connectivity index (χ1) is 15.5. The van der Waals surface area contributed by atoms with Gasteiger partial charge in [0.15, 0.2) is 0 Å². The molecule has 2 aromatic heterocycles. The van der Waals surface area contributed by atoms with Crippen LogP contribution in [0.3, 0.4) is 0 Å². The summed E-state index contributed by atoms with van der Waals surface area (Å²) in [6.07, 6.45) is 5.40. The number of hydrogen-bond acceptors (Lipinski definition) is 3. The highest BCUT2D eigenvalue weighted by atomic mass is 35.5. The van der Waals surface area contributed by atoms with E-state index in [2.05, 4.69) is 39.1 Å². The van der Waals surface area contributed by atoms with Crippen LogP contribution in [0.25, 0.3) is 16.6 Å². The summed E-state index contributed by atoms with van der Waals surface area (Å²) in [4.78, 5) is 22.5. The summed E-state index contributed by atoms with van der Waals surface area (Å²) in [6, 6.07) is 16.3. The average Bonchev–Trinajstić information content (AvgIpc) is 3.22. The Bertz CT molecular complexity index is 1330. The van der Waals surface area contributed by atoms with Crippen LogP contribution in [-0.2, 0) is 6.42 Å². The molecule has 0 saturated carbocycles. The largest absolute Gasteiger partial charge is 0.370 e. The predicted molar refractivity (Wildman–Crippen MR) is 131 cm³/mol. The molecular formula is C26H27ClN4O. The monoisotopic (exact) mass is 446 g/mol. The van der Waals surface area contributed by atoms with Crippen LogP contribution in [0.2, 0.25) is 5.02 Å². The Balaban J connectivity index is 1.28. The topological polar surface area (TPSA) is 53.9 Å². The van der Waals surface area contributed by atoms with Gasteiger partial charge in [0.1, 0.15) is 5.82 Å². The van der Waals surface area contributed by atoms with Crippen LogP contribution in [0.5, 0.6) is 0 Å². The van der Waals surface area contributed by atoms with Crippen LogP contribution < -0.4 is 10.5 Å². The summed E-state index contributed by atoms with van der Waals surface area (Å²) >= 11 is 6.68. The smallest absolute Gasteiger partial charge is 0.258 e. The minimum atomic E-state index is -0.0857. The number of anilines is 1. The first-order valence-corrected chi connectivity index (χ1v) is 11.5. The van der Waals surface area contributed by atoms with Crippen LogP contribution in [0.15, 0.2) is 59.5 Å². The summed E-state index contributed by atoms with van der Waals surface area (Å²) in [6.45, 7) is 5.65. The van der Waals surface area contributed by atoms with E-state index in [1.54, 1.807) is 10.6 Å². The molecule has 1 aliphatic rings. The van der Waals surface area contributed by atoms with Crippen molar-refractivity contribution in [3.8, 4) is 5.69 Å². The molecule has 1 saturated heterocycles. The van der Waals surface area contributed by atoms with Gasteiger partial charge in [-0.1, -0.05) is 17.7 Å². The number of hydrogen-bond donors (Lipinski definition) is 1. The highest BCUT2D eigenvalue weighted by Crippen LogP contribution is 2.32. The average molecular weight is 447 g/mol. The van der Waals surface area contributed by atoms with Gasteiger partial charge in [-0.25, -0.2) is 4.98 Å². The quantitative estimate of drug-likeness (QED) is 0.454. The van der Waals surface area contributed by atoms with Gasteiger partial charge in [0.05, 0.1) is 16.4 Å². The Hall–Kier alpha value is -3.05. The second-order valence-electron chi connectivity index (χ2n) is 8.79. The van der Waals surface area contributed by atoms with Crippen molar-refractivity contribution in [3.05, 3.63) is 87.2 Å². The van der Waals surface area contributed by atoms with Crippen LogP contribution in [0, 0.1) is 19.8 Å². The minimum Gasteiger partial charge on any atom is -0.370 e. The second-order valence-corrected chi connectivity index (χ2v) is 9.20. The number of aromatic amines is 1. The molecule has 0 aliphatic carbocycles. The third kappa shape index (κ3) is 4.05. The van der Waals surface area contributed by atoms with E-state index >= 15 is 0 Å². The lowest BCUT2D eigenvalue weighted by Gasteiger charge is -2.34. The molecule has 32 heavy (non-hydrogen) atoms. The first-order valence-electron chi connectivity index (χ1n) is 11.2. The van der Waals surface area contributed by atoms with Crippen LogP contribution >= 0.6 is 11.6 Å². The Morgan fingerprint density at radius 1 is 1.06 bits per heavy atom. The number of rotatable bonds is 4. The van der Waals surface area contributed by atoms with Gasteiger partial charge in [-0.05, 0) is 86.4 Å². The first kappa shape index (κ1) is 20.8. The van der Waals surface area contributed by atoms with Gasteiger partial charge >= 0.3 is 0 Å². The molecule has 0 radical (unpaired) electrons. The van der Waals surface area contributed by atoms with Gasteiger partial charge in [0.2, 0.25) is 0 Å². The standard InChI is InChI=1S/C26H27ClN4O/c1-17-13-26(32)31(18(2)29-17)22-4-6-25(23(27)16-22)30-11-8-19(9-12-30)14-20-3-5-24-21(15-20)7-10-28-24/h3-7,10,13,15-16,19,28H,8-9,11-12,14H2,1-2H3. The van der Waals surface area contributed by atoms with Crippen molar-refractivity contribution in [1.29, 1.82) is 0 Å². The van der Waals surface area contributed by atoms with E-state index in [1.807, 2.05) is 38.2 Å². The van der Waals surface area contributed by atoms with Gasteiger partial charge in [-0.2, -0.15) is 0 Å². The van der Waals surface area contributed by atoms with Gasteiger partial charge in [0, 0.05) is 36.6 Å². The van der Waals surface area contributed by atoms with Crippen molar-refractivity contribution >= 4 is 28.2 Å². The number of H-pyrrole nitrogens is 1. The van der Waals surface area contributed by atoms with Crippen LogP contribution in [-0.4, -0.2) is 27.6 Å². The van der Waals surface area contributed by atoms with Gasteiger partial charge in [0.25, 0.3) is 5.56 Å². The summed E-state index contributed by atoms with van der Waals surface area (Å²) in [5.74, 6) is 1.35. The molecule has 4 aromatic rings. The Morgan fingerprint density at radius 2 is 1.88 bits per heavy atom. The molecule has 0 bridgehead atoms. The Kier molecular flexibility index (Phi) is 5.51. The number of piperidine rings is 1. The molecule has 3 heterocycles. The van der Waals surface area contributed by atoms with E-state index in [9.17, 15) is 4.79 Å². The number of fused-ring (bicyclic) bond motifs is 1. The highest BCUT2D eigenvalue weighted by molar-refractivity contribution is 6.33. The molecule has 164 valence electrons. The molecule has 0 atom stereocenters. The molecule has 0 unspecified atom stereocenters. The third-order valence-corrected chi connectivity index (χ3v) is 6.80. The fourth-order valence-corrected chi connectivity index (χ4v) is 5.18. The van der Waals surface area contributed by atoms with Gasteiger partial charge in [-0.3, -0.25) is 9.36 Å². The lowest BCUT2D eigenvalue weighted by Crippen LogP contribution is -2.34. The van der Waals surface area contributed by atoms with Crippen molar-refractivity contribution in [1.82, 2.24) is 14.5 Å². The van der Waals surface area contributed by atoms with E-state index in [1.165, 1.54) is 16.5 Å². The zero-order chi connectivity index (χ0) is 22.2. The van der Waals surface area contributed by atoms with Crippen molar-refractivity contribution in [2.24, 2.45) is 5.92 Å². The number of nitrogens with one attached hydrogen (secondary N) is 1. The van der Waals surface area contributed by atoms with Gasteiger partial charge in [-0.15, -0.1) is 0 Å². The molecule has 0 amide bonds. The third-order valence-electron chi connectivity index (χ3n) is 6.50. The maximum Gasteiger partial charge on any atom is 0.258 e. The van der Waals surface area contributed by atoms with E-state index in [0.717, 1.165) is 49.4 Å². The molecular weight excluding hydrogens is 420 g/mol. The lowest BCUT2D eigenvalue weighted by atomic mass is 9.89. The maximum absolute atomic E-state index is 12.5. The van der Waals surface area contributed by atoms with Crippen molar-refractivity contribution in [3.63, 3.8) is 0 Å². The molecule has 2 aromatic carbocycles. The summed E-state index contributed by atoms with van der Waals surface area (Å²) in [5.41, 5.74) is 5.03. The number of benzene rings is 2. The molecule has 1 fully saturated rings. The van der Waals surface area contributed by atoms with Crippen LogP contribution in [0.4, 0.5) is 5.69 Å². The lowest BCUT2D eigenvalue weighted by molar-refractivity contribution is 0.404. The molecule has 5 rings (SSSR count). The SMILES string of the molecule is Cc1cc(=O)n(-c2ccc(N3CCC(Cc4ccc5[nH]ccc5c4)CC3)c(Cl)c2)c(C)n1. The normalized spacial score (nSPS) is 14.9. The zero-order valence-corrected chi connectivity index (χ0v) is 19.2. The van der Waals surface area contributed by atoms with Crippen molar-refractivity contribution in [2.75, 3.05) is 18.0 Å². The van der Waals surface area contributed by atoms with E-state index in [-0.39, 0.29) is 5.56 Å². The number of halogens is 1. The highest BCUT2D eigenvalue weighted by Gasteiger charge is 2.22. The molecule has 0 spiro atoms. The molecule has 5 nitrogen and oxygen atoms in total. The fraction of sp³-hybridized carbons (Fsp3) is 0.308. The van der Waals surface area contributed by atoms with E-state index in [4.69, 9.17) is 11.6 Å². The fourth-order valence-electron chi connectivity index (χ4n) is 4.89. The van der Waals surface area contributed by atoms with Crippen LogP contribution in [0.1, 0.15) is 29.9 Å². The van der Waals surface area contributed by atoms with Crippen molar-refractivity contribution < 1.29 is 0 Å². The Morgan fingerprint density at radius 3 is 2.62 bits per heavy atom. The predicted octanol–water partition coefficient (Wildman–Crippen LogP) is 5.44. The van der Waals surface area contributed by atoms with E-state index < -0.39 is 0 Å². The number of nitrogens with zero attached hydrogens (tertiary/aromatic N) is 3. The number of aromatic nitrogens is 3. The summed E-state index contributed by atoms with van der Waals surface area (Å²) < 4.78 is 1.61. The minimum absolute atomic E-state index is 0.0857. The van der Waals surface area contributed by atoms with Gasteiger partial charge < -0.3 is 9.88 Å². The molecule has 6 heteroatoms. The number of aryl methyl sites for hydroxylation is 2. The zero-order valence-electron chi connectivity index (χ0n) is 18.4. The molecule has 1 aliphatic heterocycles. The maximum atomic E-state index is 12.5. The molecule has 1 N–H and O–H groups in total. The second kappa shape index (κ2) is 8.47.